The molecule has 1 aliphatic rings. The van der Waals surface area contributed by atoms with Crippen molar-refractivity contribution in [3.8, 4) is 11.5 Å². The number of para-hydroxylation sites is 1. The van der Waals surface area contributed by atoms with Crippen LogP contribution >= 0.6 is 0 Å². The number of carbonyl (C=O) groups excluding carboxylic acids is 1. The Labute approximate surface area is 141 Å². The van der Waals surface area contributed by atoms with E-state index in [1.54, 1.807) is 0 Å². The second kappa shape index (κ2) is 6.17. The Kier molecular flexibility index (Phi) is 4.20. The van der Waals surface area contributed by atoms with Gasteiger partial charge in [0.25, 0.3) is 0 Å². The number of rotatable bonds is 5. The zero-order valence-electron chi connectivity index (χ0n) is 13.8. The van der Waals surface area contributed by atoms with Gasteiger partial charge in [0.1, 0.15) is 11.5 Å². The molecule has 0 aromatic heterocycles. The van der Waals surface area contributed by atoms with E-state index in [0.29, 0.717) is 5.06 Å². The van der Waals surface area contributed by atoms with Gasteiger partial charge in [0.05, 0.1) is 6.54 Å². The molecule has 3 N–H and O–H groups in total. The van der Waals surface area contributed by atoms with Gasteiger partial charge in [0.15, 0.2) is 0 Å². The standard InChI is InChI=1S/C19H22N2O3/c1-19(2)16(12-21(23)18(20)22)17(19)13-7-6-10-15(11-13)24-14-8-4-3-5-9-14/h3-11,16-17,23H,12H2,1-2H3,(H2,20,22)/t16-,17-/m0/s1. The molecule has 0 radical (unpaired) electrons. The number of ether oxygens (including phenoxy) is 1. The van der Waals surface area contributed by atoms with Gasteiger partial charge < -0.3 is 10.5 Å². The van der Waals surface area contributed by atoms with Gasteiger partial charge in [-0.05, 0) is 47.1 Å². The second-order valence-electron chi connectivity index (χ2n) is 6.81. The summed E-state index contributed by atoms with van der Waals surface area (Å²) in [6.07, 6.45) is 0. The summed E-state index contributed by atoms with van der Waals surface area (Å²) in [4.78, 5) is 11.1. The van der Waals surface area contributed by atoms with Gasteiger partial charge in [-0.2, -0.15) is 0 Å². The quantitative estimate of drug-likeness (QED) is 0.644. The van der Waals surface area contributed by atoms with Crippen LogP contribution in [0.15, 0.2) is 54.6 Å². The van der Waals surface area contributed by atoms with E-state index in [-0.39, 0.29) is 23.8 Å². The van der Waals surface area contributed by atoms with Gasteiger partial charge in [-0.25, -0.2) is 9.86 Å². The molecular weight excluding hydrogens is 304 g/mol. The topological polar surface area (TPSA) is 75.8 Å². The fourth-order valence-corrected chi connectivity index (χ4v) is 3.42. The van der Waals surface area contributed by atoms with Crippen LogP contribution in [0.1, 0.15) is 25.3 Å². The van der Waals surface area contributed by atoms with E-state index in [4.69, 9.17) is 10.5 Å². The number of nitrogens with zero attached hydrogens (tertiary/aromatic N) is 1. The zero-order valence-corrected chi connectivity index (χ0v) is 13.8. The van der Waals surface area contributed by atoms with E-state index in [1.165, 1.54) is 0 Å². The van der Waals surface area contributed by atoms with Gasteiger partial charge in [0.2, 0.25) is 0 Å². The molecule has 2 aromatic rings. The van der Waals surface area contributed by atoms with Crippen LogP contribution in [0.2, 0.25) is 0 Å². The van der Waals surface area contributed by atoms with Crippen LogP contribution in [-0.4, -0.2) is 22.8 Å². The van der Waals surface area contributed by atoms with Crippen molar-refractivity contribution in [2.24, 2.45) is 17.1 Å². The van der Waals surface area contributed by atoms with Crippen molar-refractivity contribution in [1.29, 1.82) is 0 Å². The fraction of sp³-hybridized carbons (Fsp3) is 0.316. The molecule has 2 atom stereocenters. The predicted molar refractivity (Wildman–Crippen MR) is 91.0 cm³/mol. The third-order valence-electron chi connectivity index (χ3n) is 4.87. The number of primary amides is 1. The Morgan fingerprint density at radius 1 is 1.17 bits per heavy atom. The first-order valence-corrected chi connectivity index (χ1v) is 7.98. The maximum Gasteiger partial charge on any atom is 0.338 e. The van der Waals surface area contributed by atoms with Crippen molar-refractivity contribution in [3.63, 3.8) is 0 Å². The fourth-order valence-electron chi connectivity index (χ4n) is 3.42. The lowest BCUT2D eigenvalue weighted by Gasteiger charge is -2.12. The van der Waals surface area contributed by atoms with Crippen molar-refractivity contribution < 1.29 is 14.7 Å². The lowest BCUT2D eigenvalue weighted by molar-refractivity contribution is -0.0452. The van der Waals surface area contributed by atoms with Gasteiger partial charge >= 0.3 is 6.03 Å². The van der Waals surface area contributed by atoms with E-state index in [2.05, 4.69) is 19.9 Å². The van der Waals surface area contributed by atoms with E-state index >= 15 is 0 Å². The average molecular weight is 326 g/mol. The summed E-state index contributed by atoms with van der Waals surface area (Å²) in [6.45, 7) is 4.49. The van der Waals surface area contributed by atoms with E-state index < -0.39 is 6.03 Å². The van der Waals surface area contributed by atoms with Crippen LogP contribution in [0.25, 0.3) is 0 Å². The van der Waals surface area contributed by atoms with Crippen molar-refractivity contribution >= 4 is 6.03 Å². The first-order chi connectivity index (χ1) is 11.4. The summed E-state index contributed by atoms with van der Waals surface area (Å²) >= 11 is 0. The third-order valence-corrected chi connectivity index (χ3v) is 4.87. The highest BCUT2D eigenvalue weighted by Gasteiger charge is 2.58. The molecule has 0 unspecified atom stereocenters. The average Bonchev–Trinajstić information content (AvgIpc) is 3.09. The summed E-state index contributed by atoms with van der Waals surface area (Å²) in [5, 5.41) is 10.2. The number of carbonyl (C=O) groups is 1. The molecule has 126 valence electrons. The van der Waals surface area contributed by atoms with Gasteiger partial charge in [-0.1, -0.05) is 44.2 Å². The first-order valence-electron chi connectivity index (χ1n) is 7.98. The largest absolute Gasteiger partial charge is 0.457 e. The minimum atomic E-state index is -0.822. The Bertz CT molecular complexity index is 730. The number of hydrogen-bond donors (Lipinski definition) is 2. The third kappa shape index (κ3) is 3.21. The highest BCUT2D eigenvalue weighted by atomic mass is 16.5. The van der Waals surface area contributed by atoms with Crippen LogP contribution in [-0.2, 0) is 0 Å². The number of benzene rings is 2. The van der Waals surface area contributed by atoms with Crippen LogP contribution in [0.3, 0.4) is 0 Å². The smallest absolute Gasteiger partial charge is 0.338 e. The molecule has 1 aliphatic carbocycles. The highest BCUT2D eigenvalue weighted by Crippen LogP contribution is 2.64. The van der Waals surface area contributed by atoms with E-state index in [9.17, 15) is 10.0 Å². The second-order valence-corrected chi connectivity index (χ2v) is 6.81. The number of hydrogen-bond acceptors (Lipinski definition) is 3. The SMILES string of the molecule is CC1(C)[C@@H](CN(O)C(N)=O)[C@@H]1c1cccc(Oc2ccccc2)c1. The van der Waals surface area contributed by atoms with Crippen LogP contribution in [0.4, 0.5) is 4.79 Å². The lowest BCUT2D eigenvalue weighted by atomic mass is 10.0. The van der Waals surface area contributed by atoms with Gasteiger partial charge in [-0.3, -0.25) is 5.21 Å². The molecule has 3 rings (SSSR count). The molecule has 5 nitrogen and oxygen atoms in total. The summed E-state index contributed by atoms with van der Waals surface area (Å²) in [5.74, 6) is 1.96. The van der Waals surface area contributed by atoms with Crippen molar-refractivity contribution in [1.82, 2.24) is 5.06 Å². The number of nitrogens with two attached hydrogens (primary N) is 1. The molecule has 0 spiro atoms. The normalized spacial score (nSPS) is 21.1. The van der Waals surface area contributed by atoms with Crippen LogP contribution in [0.5, 0.6) is 11.5 Å². The molecule has 24 heavy (non-hydrogen) atoms. The van der Waals surface area contributed by atoms with Crippen molar-refractivity contribution in [3.05, 3.63) is 60.2 Å². The number of amides is 2. The Morgan fingerprint density at radius 3 is 2.50 bits per heavy atom. The minimum absolute atomic E-state index is 0.0121. The highest BCUT2D eigenvalue weighted by molar-refractivity contribution is 5.70. The van der Waals surface area contributed by atoms with Gasteiger partial charge in [0, 0.05) is 0 Å². The van der Waals surface area contributed by atoms with Crippen LogP contribution in [0, 0.1) is 11.3 Å². The molecular formula is C19H22N2O3. The van der Waals surface area contributed by atoms with Gasteiger partial charge in [-0.15, -0.1) is 0 Å². The zero-order chi connectivity index (χ0) is 17.3. The number of hydroxylamine groups is 2. The molecule has 0 aliphatic heterocycles. The maximum atomic E-state index is 11.1. The van der Waals surface area contributed by atoms with E-state index in [1.807, 2.05) is 48.5 Å². The minimum Gasteiger partial charge on any atom is -0.457 e. The maximum absolute atomic E-state index is 11.1. The monoisotopic (exact) mass is 326 g/mol. The van der Waals surface area contributed by atoms with Crippen LogP contribution < -0.4 is 10.5 Å². The predicted octanol–water partition coefficient (Wildman–Crippen LogP) is 3.99. The Hall–Kier alpha value is -2.53. The summed E-state index contributed by atoms with van der Waals surface area (Å²) in [6, 6.07) is 16.8. The molecule has 2 aromatic carbocycles. The summed E-state index contributed by atoms with van der Waals surface area (Å²) in [5.41, 5.74) is 6.24. The molecule has 1 saturated carbocycles. The number of urea groups is 1. The molecule has 0 heterocycles. The Balaban J connectivity index is 1.75. The summed E-state index contributed by atoms with van der Waals surface area (Å²) in [7, 11) is 0. The van der Waals surface area contributed by atoms with Crippen molar-refractivity contribution in [2.45, 2.75) is 19.8 Å². The Morgan fingerprint density at radius 2 is 1.83 bits per heavy atom. The molecule has 2 amide bonds. The lowest BCUT2D eigenvalue weighted by Crippen LogP contribution is -2.34. The van der Waals surface area contributed by atoms with E-state index in [0.717, 1.165) is 17.1 Å². The summed E-state index contributed by atoms with van der Waals surface area (Å²) < 4.78 is 5.89. The molecule has 5 heteroatoms. The molecule has 0 bridgehead atoms. The molecule has 1 fully saturated rings. The first kappa shape index (κ1) is 16.3. The van der Waals surface area contributed by atoms with Crippen molar-refractivity contribution in [2.75, 3.05) is 6.54 Å². The molecule has 0 saturated heterocycles.